The molecule has 0 unspecified atom stereocenters. The van der Waals surface area contributed by atoms with Crippen LogP contribution in [0.2, 0.25) is 0 Å². The van der Waals surface area contributed by atoms with Gasteiger partial charge in [-0.1, -0.05) is 19.9 Å². The van der Waals surface area contributed by atoms with E-state index in [4.69, 9.17) is 4.74 Å². The molecule has 1 saturated heterocycles. The van der Waals surface area contributed by atoms with Gasteiger partial charge in [0.1, 0.15) is 0 Å². The molecule has 3 rings (SSSR count). The molecule has 2 aliphatic carbocycles. The number of aliphatic hydroxyl groups is 2. The molecular formula is C20H34O3. The zero-order chi connectivity index (χ0) is 17.1. The summed E-state index contributed by atoms with van der Waals surface area (Å²) in [4.78, 5) is 0. The Balaban J connectivity index is 2.00. The summed E-state index contributed by atoms with van der Waals surface area (Å²) in [5.41, 5.74) is -0.713. The van der Waals surface area contributed by atoms with Gasteiger partial charge in [0.05, 0.1) is 17.3 Å². The van der Waals surface area contributed by atoms with E-state index in [0.717, 1.165) is 38.5 Å². The van der Waals surface area contributed by atoms with Gasteiger partial charge >= 0.3 is 0 Å². The molecule has 0 aromatic rings. The minimum atomic E-state index is -0.298. The van der Waals surface area contributed by atoms with Crippen molar-refractivity contribution in [1.82, 2.24) is 0 Å². The van der Waals surface area contributed by atoms with Crippen LogP contribution in [-0.2, 0) is 4.74 Å². The van der Waals surface area contributed by atoms with Crippen molar-refractivity contribution >= 4 is 0 Å². The Morgan fingerprint density at radius 2 is 1.70 bits per heavy atom. The molecule has 3 heteroatoms. The van der Waals surface area contributed by atoms with Crippen LogP contribution in [0.5, 0.6) is 0 Å². The molecule has 1 aliphatic heterocycles. The lowest BCUT2D eigenvalue weighted by Gasteiger charge is -2.66. The van der Waals surface area contributed by atoms with Gasteiger partial charge in [-0.15, -0.1) is 6.58 Å². The van der Waals surface area contributed by atoms with Gasteiger partial charge in [-0.05, 0) is 69.6 Å². The first-order valence-electron chi connectivity index (χ1n) is 9.26. The van der Waals surface area contributed by atoms with Crippen molar-refractivity contribution in [3.05, 3.63) is 12.7 Å². The number of rotatable bonds is 2. The fourth-order valence-electron chi connectivity index (χ4n) is 6.42. The Bertz CT molecular complexity index is 491. The van der Waals surface area contributed by atoms with Gasteiger partial charge in [-0.3, -0.25) is 0 Å². The van der Waals surface area contributed by atoms with Gasteiger partial charge in [0, 0.05) is 12.0 Å². The maximum Gasteiger partial charge on any atom is 0.0839 e. The van der Waals surface area contributed by atoms with Gasteiger partial charge < -0.3 is 14.9 Å². The maximum atomic E-state index is 11.0. The molecule has 0 radical (unpaired) electrons. The van der Waals surface area contributed by atoms with Crippen LogP contribution in [0.25, 0.3) is 0 Å². The fraction of sp³-hybridized carbons (Fsp3) is 0.900. The van der Waals surface area contributed by atoms with Crippen molar-refractivity contribution in [2.24, 2.45) is 22.7 Å². The standard InChI is InChI=1S/C20H34O3/c1-6-18(3)11-7-15-19(4,23-18)12-8-14-17(2,13-21)10-9-16(22)20(14,15)5/h6,14-16,21-22H,1,7-13H2,2-5H3/t14-,15-,16-,17-,18-,19+,20-/m0/s1. The molecule has 23 heavy (non-hydrogen) atoms. The van der Waals surface area contributed by atoms with Crippen molar-refractivity contribution in [3.8, 4) is 0 Å². The van der Waals surface area contributed by atoms with Gasteiger partial charge in [-0.25, -0.2) is 0 Å². The van der Waals surface area contributed by atoms with Crippen LogP contribution in [0.1, 0.15) is 66.2 Å². The summed E-state index contributed by atoms with van der Waals surface area (Å²) in [5, 5.41) is 21.0. The highest BCUT2D eigenvalue weighted by molar-refractivity contribution is 5.15. The zero-order valence-electron chi connectivity index (χ0n) is 15.3. The van der Waals surface area contributed by atoms with Crippen molar-refractivity contribution in [2.45, 2.75) is 83.5 Å². The van der Waals surface area contributed by atoms with E-state index in [1.807, 2.05) is 6.08 Å². The van der Waals surface area contributed by atoms with Crippen LogP contribution in [0.15, 0.2) is 12.7 Å². The third kappa shape index (κ3) is 2.34. The van der Waals surface area contributed by atoms with E-state index in [1.54, 1.807) is 0 Å². The topological polar surface area (TPSA) is 49.7 Å². The van der Waals surface area contributed by atoms with Crippen molar-refractivity contribution in [1.29, 1.82) is 0 Å². The summed E-state index contributed by atoms with van der Waals surface area (Å²) in [5.74, 6) is 0.696. The Morgan fingerprint density at radius 1 is 1.04 bits per heavy atom. The van der Waals surface area contributed by atoms with Gasteiger partial charge in [0.15, 0.2) is 0 Å². The first kappa shape index (κ1) is 17.4. The Morgan fingerprint density at radius 3 is 2.30 bits per heavy atom. The third-order valence-electron chi connectivity index (χ3n) is 7.91. The summed E-state index contributed by atoms with van der Waals surface area (Å²) in [7, 11) is 0. The minimum Gasteiger partial charge on any atom is -0.396 e. The quantitative estimate of drug-likeness (QED) is 0.762. The minimum absolute atomic E-state index is 0.0749. The van der Waals surface area contributed by atoms with E-state index in [2.05, 4.69) is 34.3 Å². The number of hydrogen-bond donors (Lipinski definition) is 2. The molecule has 2 saturated carbocycles. The average molecular weight is 322 g/mol. The average Bonchev–Trinajstić information content (AvgIpc) is 2.50. The summed E-state index contributed by atoms with van der Waals surface area (Å²) in [6.45, 7) is 13.0. The molecule has 3 fully saturated rings. The summed E-state index contributed by atoms with van der Waals surface area (Å²) in [6.07, 6.45) is 7.39. The molecule has 0 spiro atoms. The molecule has 2 N–H and O–H groups in total. The molecule has 0 amide bonds. The predicted molar refractivity (Wildman–Crippen MR) is 92.1 cm³/mol. The first-order chi connectivity index (χ1) is 10.6. The largest absolute Gasteiger partial charge is 0.396 e. The Hall–Kier alpha value is -0.380. The molecular weight excluding hydrogens is 288 g/mol. The van der Waals surface area contributed by atoms with Gasteiger partial charge in [0.2, 0.25) is 0 Å². The highest BCUT2D eigenvalue weighted by Crippen LogP contribution is 2.65. The fourth-order valence-corrected chi connectivity index (χ4v) is 6.42. The summed E-state index contributed by atoms with van der Waals surface area (Å²) in [6, 6.07) is 0. The second-order valence-electron chi connectivity index (χ2n) is 9.35. The molecule has 7 atom stereocenters. The second kappa shape index (κ2) is 5.31. The number of ether oxygens (including phenoxy) is 1. The normalized spacial score (nSPS) is 56.5. The van der Waals surface area contributed by atoms with Crippen molar-refractivity contribution < 1.29 is 14.9 Å². The zero-order valence-corrected chi connectivity index (χ0v) is 15.3. The molecule has 3 nitrogen and oxygen atoms in total. The van der Waals surface area contributed by atoms with E-state index in [-0.39, 0.29) is 34.7 Å². The number of hydrogen-bond acceptors (Lipinski definition) is 3. The highest BCUT2D eigenvalue weighted by atomic mass is 16.5. The van der Waals surface area contributed by atoms with Crippen LogP contribution in [0.3, 0.4) is 0 Å². The molecule has 0 aromatic heterocycles. The molecule has 1 heterocycles. The molecule has 132 valence electrons. The van der Waals surface area contributed by atoms with Crippen molar-refractivity contribution in [2.75, 3.05) is 6.61 Å². The highest BCUT2D eigenvalue weighted by Gasteiger charge is 2.64. The van der Waals surface area contributed by atoms with Crippen LogP contribution in [0, 0.1) is 22.7 Å². The Kier molecular flexibility index (Phi) is 4.02. The maximum absolute atomic E-state index is 11.0. The van der Waals surface area contributed by atoms with Gasteiger partial charge in [0.25, 0.3) is 0 Å². The number of fused-ring (bicyclic) bond motifs is 3. The van der Waals surface area contributed by atoms with Crippen LogP contribution < -0.4 is 0 Å². The van der Waals surface area contributed by atoms with Gasteiger partial charge in [-0.2, -0.15) is 0 Å². The number of aliphatic hydroxyl groups excluding tert-OH is 2. The summed E-state index contributed by atoms with van der Waals surface area (Å²) < 4.78 is 6.59. The lowest BCUT2D eigenvalue weighted by molar-refractivity contribution is -0.277. The molecule has 3 aliphatic rings. The molecule has 0 bridgehead atoms. The smallest absolute Gasteiger partial charge is 0.0839 e. The van der Waals surface area contributed by atoms with E-state index in [0.29, 0.717) is 11.8 Å². The van der Waals surface area contributed by atoms with Crippen LogP contribution in [-0.4, -0.2) is 34.1 Å². The van der Waals surface area contributed by atoms with Crippen molar-refractivity contribution in [3.63, 3.8) is 0 Å². The lowest BCUT2D eigenvalue weighted by atomic mass is 9.43. The van der Waals surface area contributed by atoms with E-state index >= 15 is 0 Å². The third-order valence-corrected chi connectivity index (χ3v) is 7.91. The monoisotopic (exact) mass is 322 g/mol. The lowest BCUT2D eigenvalue weighted by Crippen LogP contribution is -2.66. The predicted octanol–water partition coefficient (Wildman–Crippen LogP) is 3.69. The summed E-state index contributed by atoms with van der Waals surface area (Å²) >= 11 is 0. The second-order valence-corrected chi connectivity index (χ2v) is 9.35. The van der Waals surface area contributed by atoms with Crippen LogP contribution in [0.4, 0.5) is 0 Å². The molecule has 0 aromatic carbocycles. The first-order valence-corrected chi connectivity index (χ1v) is 9.26. The van der Waals surface area contributed by atoms with Crippen LogP contribution >= 0.6 is 0 Å². The Labute approximate surface area is 141 Å². The van der Waals surface area contributed by atoms with E-state index in [1.165, 1.54) is 0 Å². The van der Waals surface area contributed by atoms with E-state index < -0.39 is 0 Å². The van der Waals surface area contributed by atoms with E-state index in [9.17, 15) is 10.2 Å². The SMILES string of the molecule is C=C[C@@]1(C)CC[C@@H]2[C@@]3(C)[C@@H](O)CC[C@@](C)(CO)[C@@H]3CC[C@@]2(C)O1.